The molecule has 0 saturated carbocycles. The van der Waals surface area contributed by atoms with Gasteiger partial charge in [-0.1, -0.05) is 37.3 Å². The molecule has 2 aromatic rings. The van der Waals surface area contributed by atoms with Crippen LogP contribution in [0, 0.1) is 10.1 Å². The average molecular weight is 367 g/mol. The van der Waals surface area contributed by atoms with Gasteiger partial charge in [0, 0.05) is 37.0 Å². The summed E-state index contributed by atoms with van der Waals surface area (Å²) in [6.07, 6.45) is 0.661. The normalized spacial score (nSPS) is 22.6. The maximum atomic E-state index is 11.2. The van der Waals surface area contributed by atoms with Crippen LogP contribution < -0.4 is 4.90 Å². The summed E-state index contributed by atoms with van der Waals surface area (Å²) < 4.78 is 5.83. The van der Waals surface area contributed by atoms with Crippen LogP contribution >= 0.6 is 0 Å². The van der Waals surface area contributed by atoms with Crippen LogP contribution in [-0.4, -0.2) is 48.2 Å². The van der Waals surface area contributed by atoms with Gasteiger partial charge in [-0.2, -0.15) is 0 Å². The molecular weight excluding hydrogens is 342 g/mol. The Morgan fingerprint density at radius 2 is 1.81 bits per heavy atom. The highest BCUT2D eigenvalue weighted by Crippen LogP contribution is 2.30. The van der Waals surface area contributed by atoms with Gasteiger partial charge >= 0.3 is 0 Å². The molecule has 2 heterocycles. The van der Waals surface area contributed by atoms with E-state index in [4.69, 9.17) is 4.74 Å². The lowest BCUT2D eigenvalue weighted by Crippen LogP contribution is -2.64. The number of nitro benzene ring substituents is 1. The Hall–Kier alpha value is -2.44. The highest BCUT2D eigenvalue weighted by atomic mass is 16.6. The van der Waals surface area contributed by atoms with Crippen LogP contribution in [0.1, 0.15) is 18.1 Å². The molecule has 0 amide bonds. The zero-order valence-corrected chi connectivity index (χ0v) is 15.6. The zero-order chi connectivity index (χ0) is 18.8. The zero-order valence-electron chi connectivity index (χ0n) is 15.6. The van der Waals surface area contributed by atoms with Gasteiger partial charge in [-0.25, -0.2) is 0 Å². The van der Waals surface area contributed by atoms with Gasteiger partial charge < -0.3 is 9.64 Å². The van der Waals surface area contributed by atoms with Gasteiger partial charge in [0.15, 0.2) is 0 Å². The molecule has 2 aliphatic rings. The van der Waals surface area contributed by atoms with Gasteiger partial charge in [0.1, 0.15) is 0 Å². The third-order valence-electron chi connectivity index (χ3n) is 5.63. The molecule has 142 valence electrons. The van der Waals surface area contributed by atoms with Gasteiger partial charge in [-0.3, -0.25) is 15.0 Å². The van der Waals surface area contributed by atoms with E-state index in [0.717, 1.165) is 44.1 Å². The Balaban J connectivity index is 1.54. The van der Waals surface area contributed by atoms with Crippen LogP contribution in [0.5, 0.6) is 0 Å². The fraction of sp³-hybridized carbons (Fsp3) is 0.429. The summed E-state index contributed by atoms with van der Waals surface area (Å²) in [7, 11) is 0. The second-order valence-corrected chi connectivity index (χ2v) is 7.33. The quantitative estimate of drug-likeness (QED) is 0.600. The smallest absolute Gasteiger partial charge is 0.272 e. The third kappa shape index (κ3) is 3.68. The maximum absolute atomic E-state index is 11.2. The first-order chi connectivity index (χ1) is 13.2. The van der Waals surface area contributed by atoms with Gasteiger partial charge in [-0.05, 0) is 24.1 Å². The van der Waals surface area contributed by atoms with Crippen LogP contribution in [0.3, 0.4) is 0 Å². The Labute approximate surface area is 159 Å². The van der Waals surface area contributed by atoms with Gasteiger partial charge in [-0.15, -0.1) is 0 Å². The summed E-state index contributed by atoms with van der Waals surface area (Å²) in [6.45, 7) is 6.12. The number of hydrogen-bond donors (Lipinski definition) is 0. The first-order valence-electron chi connectivity index (χ1n) is 9.55. The number of piperazine rings is 1. The summed E-state index contributed by atoms with van der Waals surface area (Å²) in [5, 5.41) is 11.2. The Morgan fingerprint density at radius 3 is 2.44 bits per heavy atom. The van der Waals surface area contributed by atoms with E-state index in [-0.39, 0.29) is 10.6 Å². The van der Waals surface area contributed by atoms with E-state index in [1.807, 2.05) is 25.1 Å². The van der Waals surface area contributed by atoms with Gasteiger partial charge in [0.05, 0.1) is 30.2 Å². The molecule has 0 N–H and O–H groups in total. The molecule has 2 aromatic carbocycles. The van der Waals surface area contributed by atoms with Crippen molar-refractivity contribution in [2.24, 2.45) is 0 Å². The molecule has 0 aliphatic carbocycles. The van der Waals surface area contributed by atoms with Crippen molar-refractivity contribution in [3.8, 4) is 0 Å². The monoisotopic (exact) mass is 367 g/mol. The Bertz CT molecular complexity index is 798. The molecule has 0 aromatic heterocycles. The molecule has 2 aliphatic heterocycles. The predicted octanol–water partition coefficient (Wildman–Crippen LogP) is 3.25. The largest absolute Gasteiger partial charge is 0.378 e. The number of hydrogen-bond acceptors (Lipinski definition) is 5. The standard InChI is InChI=1S/C21H25N3O3/c1-2-17-10-18(8-9-21(17)24(25)26)22-12-19-14-27-15-20(13-22)23(19)11-16-6-4-3-5-7-16/h3-10,19-20H,2,11-15H2,1H3. The number of nitro groups is 1. The fourth-order valence-corrected chi connectivity index (χ4v) is 4.22. The van der Waals surface area contributed by atoms with E-state index in [1.165, 1.54) is 5.56 Å². The van der Waals surface area contributed by atoms with E-state index in [9.17, 15) is 10.1 Å². The number of anilines is 1. The number of ether oxygens (including phenoxy) is 1. The first-order valence-corrected chi connectivity index (χ1v) is 9.55. The minimum Gasteiger partial charge on any atom is -0.378 e. The highest BCUT2D eigenvalue weighted by molar-refractivity contribution is 5.56. The molecule has 2 fully saturated rings. The number of benzene rings is 2. The molecule has 2 saturated heterocycles. The Kier molecular flexibility index (Phi) is 5.09. The summed E-state index contributed by atoms with van der Waals surface area (Å²) in [5.74, 6) is 0. The molecule has 0 radical (unpaired) electrons. The van der Waals surface area contributed by atoms with E-state index in [1.54, 1.807) is 6.07 Å². The average Bonchev–Trinajstić information content (AvgIpc) is 2.68. The number of rotatable bonds is 5. The Morgan fingerprint density at radius 1 is 1.11 bits per heavy atom. The van der Waals surface area contributed by atoms with Crippen molar-refractivity contribution in [3.63, 3.8) is 0 Å². The van der Waals surface area contributed by atoms with Crippen LogP contribution in [0.2, 0.25) is 0 Å². The van der Waals surface area contributed by atoms with Crippen molar-refractivity contribution in [1.82, 2.24) is 4.90 Å². The lowest BCUT2D eigenvalue weighted by Gasteiger charge is -2.50. The van der Waals surface area contributed by atoms with Crippen molar-refractivity contribution >= 4 is 11.4 Å². The van der Waals surface area contributed by atoms with Gasteiger partial charge in [0.2, 0.25) is 0 Å². The molecule has 2 unspecified atom stereocenters. The van der Waals surface area contributed by atoms with E-state index < -0.39 is 0 Å². The topological polar surface area (TPSA) is 58.8 Å². The SMILES string of the molecule is CCc1cc(N2CC3COCC(C2)N3Cc2ccccc2)ccc1[N+](=O)[O-]. The van der Waals surface area contributed by atoms with Crippen molar-refractivity contribution < 1.29 is 9.66 Å². The second kappa shape index (κ2) is 7.66. The lowest BCUT2D eigenvalue weighted by atomic mass is 10.0. The van der Waals surface area contributed by atoms with Crippen molar-refractivity contribution in [3.05, 3.63) is 69.8 Å². The summed E-state index contributed by atoms with van der Waals surface area (Å²) in [4.78, 5) is 15.8. The molecule has 4 rings (SSSR count). The second-order valence-electron chi connectivity index (χ2n) is 7.33. The van der Waals surface area contributed by atoms with Crippen molar-refractivity contribution in [1.29, 1.82) is 0 Å². The summed E-state index contributed by atoms with van der Waals surface area (Å²) in [5.41, 5.74) is 3.42. The molecule has 0 spiro atoms. The minimum absolute atomic E-state index is 0.215. The van der Waals surface area contributed by atoms with E-state index in [2.05, 4.69) is 34.1 Å². The van der Waals surface area contributed by atoms with Crippen LogP contribution in [0.4, 0.5) is 11.4 Å². The van der Waals surface area contributed by atoms with Crippen LogP contribution in [0.15, 0.2) is 48.5 Å². The first kappa shape index (κ1) is 17.9. The van der Waals surface area contributed by atoms with E-state index >= 15 is 0 Å². The molecule has 6 heteroatoms. The number of nitrogens with zero attached hydrogens (tertiary/aromatic N) is 3. The number of fused-ring (bicyclic) bond motifs is 2. The summed E-state index contributed by atoms with van der Waals surface area (Å²) >= 11 is 0. The van der Waals surface area contributed by atoms with Crippen molar-refractivity contribution in [2.75, 3.05) is 31.2 Å². The number of aryl methyl sites for hydroxylation is 1. The summed E-state index contributed by atoms with van der Waals surface area (Å²) in [6, 6.07) is 16.8. The van der Waals surface area contributed by atoms with Crippen molar-refractivity contribution in [2.45, 2.75) is 32.0 Å². The lowest BCUT2D eigenvalue weighted by molar-refractivity contribution is -0.385. The molecular formula is C21H25N3O3. The van der Waals surface area contributed by atoms with E-state index in [0.29, 0.717) is 18.5 Å². The van der Waals surface area contributed by atoms with Crippen LogP contribution in [0.25, 0.3) is 0 Å². The highest BCUT2D eigenvalue weighted by Gasteiger charge is 2.38. The fourth-order valence-electron chi connectivity index (χ4n) is 4.22. The molecule has 2 bridgehead atoms. The molecule has 27 heavy (non-hydrogen) atoms. The van der Waals surface area contributed by atoms with Gasteiger partial charge in [0.25, 0.3) is 5.69 Å². The third-order valence-corrected chi connectivity index (χ3v) is 5.63. The minimum atomic E-state index is -0.289. The maximum Gasteiger partial charge on any atom is 0.272 e. The number of morpholine rings is 1. The molecule has 6 nitrogen and oxygen atoms in total. The van der Waals surface area contributed by atoms with Crippen LogP contribution in [-0.2, 0) is 17.7 Å². The molecule has 2 atom stereocenters. The predicted molar refractivity (Wildman–Crippen MR) is 105 cm³/mol.